The lowest BCUT2D eigenvalue weighted by molar-refractivity contribution is 0.616. The summed E-state index contributed by atoms with van der Waals surface area (Å²) < 4.78 is 0. The summed E-state index contributed by atoms with van der Waals surface area (Å²) in [6, 6.07) is 6.28. The number of H-pyrrole nitrogens is 1. The van der Waals surface area contributed by atoms with E-state index in [4.69, 9.17) is 11.5 Å². The smallest absolute Gasteiger partial charge is 0.171 e. The second kappa shape index (κ2) is 6.36. The monoisotopic (exact) mass is 339 g/mol. The second-order valence-corrected chi connectivity index (χ2v) is 7.34. The van der Waals surface area contributed by atoms with Crippen LogP contribution < -0.4 is 11.5 Å². The Balaban J connectivity index is 1.68. The number of benzene rings is 1. The Morgan fingerprint density at radius 1 is 1.00 bits per heavy atom. The van der Waals surface area contributed by atoms with Crippen molar-refractivity contribution in [3.63, 3.8) is 0 Å². The molecule has 1 aliphatic carbocycles. The van der Waals surface area contributed by atoms with Crippen LogP contribution in [-0.2, 0) is 12.8 Å². The average Bonchev–Trinajstić information content (AvgIpc) is 2.95. The number of pyridine rings is 1. The summed E-state index contributed by atoms with van der Waals surface area (Å²) in [6.07, 6.45) is 9.12. The molecule has 0 spiro atoms. The van der Waals surface area contributed by atoms with E-state index in [1.54, 1.807) is 18.0 Å². The van der Waals surface area contributed by atoms with E-state index in [9.17, 15) is 0 Å². The molecule has 124 valence electrons. The first-order valence-corrected chi connectivity index (χ1v) is 9.21. The standard InChI is InChI=1S/C18H21N5S/c19-13-9-11-5-3-1-2-4-6-12(11)10-15(13)24-18-22-14-7-8-21-17(20)16(14)23-18/h7-10H,1-6,19H2,(H2,20,21)(H,22,23). The SMILES string of the molecule is Nc1cc2c(cc1Sc1nc3c(N)nccc3[nH]1)CCCCCC2. The van der Waals surface area contributed by atoms with Crippen molar-refractivity contribution in [2.75, 3.05) is 11.5 Å². The molecule has 6 heteroatoms. The largest absolute Gasteiger partial charge is 0.398 e. The maximum atomic E-state index is 6.31. The lowest BCUT2D eigenvalue weighted by atomic mass is 9.93. The van der Waals surface area contributed by atoms with Crippen LogP contribution in [0.4, 0.5) is 11.5 Å². The normalized spacial score (nSPS) is 15.0. The van der Waals surface area contributed by atoms with Crippen molar-refractivity contribution in [2.24, 2.45) is 0 Å². The fraction of sp³-hybridized carbons (Fsp3) is 0.333. The van der Waals surface area contributed by atoms with Crippen molar-refractivity contribution < 1.29 is 0 Å². The molecule has 3 aromatic rings. The molecule has 5 N–H and O–H groups in total. The minimum atomic E-state index is 0.446. The zero-order valence-electron chi connectivity index (χ0n) is 13.5. The van der Waals surface area contributed by atoms with Crippen LogP contribution in [0.25, 0.3) is 11.0 Å². The van der Waals surface area contributed by atoms with Crippen LogP contribution in [0.3, 0.4) is 0 Å². The predicted octanol–water partition coefficient (Wildman–Crippen LogP) is 3.93. The summed E-state index contributed by atoms with van der Waals surface area (Å²) in [5, 5.41) is 0.794. The van der Waals surface area contributed by atoms with Gasteiger partial charge in [-0.3, -0.25) is 0 Å². The van der Waals surface area contributed by atoms with Gasteiger partial charge in [0, 0.05) is 16.8 Å². The quantitative estimate of drug-likeness (QED) is 0.615. The van der Waals surface area contributed by atoms with Gasteiger partial charge in [-0.25, -0.2) is 9.97 Å². The molecular formula is C18H21N5S. The van der Waals surface area contributed by atoms with E-state index < -0.39 is 0 Å². The molecule has 24 heavy (non-hydrogen) atoms. The van der Waals surface area contributed by atoms with E-state index in [0.717, 1.165) is 34.1 Å². The van der Waals surface area contributed by atoms with E-state index in [0.29, 0.717) is 11.3 Å². The fourth-order valence-corrected chi connectivity index (χ4v) is 4.19. The summed E-state index contributed by atoms with van der Waals surface area (Å²) in [4.78, 5) is 13.0. The second-order valence-electron chi connectivity index (χ2n) is 6.31. The van der Waals surface area contributed by atoms with Crippen molar-refractivity contribution in [2.45, 2.75) is 48.6 Å². The molecule has 1 aromatic carbocycles. The highest BCUT2D eigenvalue weighted by atomic mass is 32.2. The van der Waals surface area contributed by atoms with Crippen molar-refractivity contribution in [3.8, 4) is 0 Å². The molecule has 0 amide bonds. The fourth-order valence-electron chi connectivity index (χ4n) is 3.31. The zero-order chi connectivity index (χ0) is 16.5. The number of nitrogen functional groups attached to an aromatic ring is 2. The van der Waals surface area contributed by atoms with Crippen LogP contribution in [0.1, 0.15) is 36.8 Å². The number of aromatic amines is 1. The Kier molecular flexibility index (Phi) is 4.06. The van der Waals surface area contributed by atoms with Gasteiger partial charge in [-0.1, -0.05) is 12.8 Å². The number of nitrogens with one attached hydrogen (secondary N) is 1. The van der Waals surface area contributed by atoms with E-state index >= 15 is 0 Å². The lowest BCUT2D eigenvalue weighted by Crippen LogP contribution is -2.02. The van der Waals surface area contributed by atoms with Gasteiger partial charge in [0.25, 0.3) is 0 Å². The van der Waals surface area contributed by atoms with Crippen LogP contribution in [0.5, 0.6) is 0 Å². The zero-order valence-corrected chi connectivity index (χ0v) is 14.3. The Hall–Kier alpha value is -2.21. The van der Waals surface area contributed by atoms with Gasteiger partial charge in [0.2, 0.25) is 0 Å². The molecule has 0 unspecified atom stereocenters. The number of aromatic nitrogens is 3. The third-order valence-corrected chi connectivity index (χ3v) is 5.55. The van der Waals surface area contributed by atoms with Gasteiger partial charge >= 0.3 is 0 Å². The molecule has 0 radical (unpaired) electrons. The van der Waals surface area contributed by atoms with Crippen LogP contribution in [-0.4, -0.2) is 15.0 Å². The van der Waals surface area contributed by atoms with Gasteiger partial charge in [-0.15, -0.1) is 0 Å². The molecule has 0 saturated heterocycles. The molecule has 0 atom stereocenters. The molecule has 0 saturated carbocycles. The average molecular weight is 339 g/mol. The van der Waals surface area contributed by atoms with Gasteiger partial charge in [0.15, 0.2) is 11.0 Å². The molecule has 0 fully saturated rings. The summed E-state index contributed by atoms with van der Waals surface area (Å²) in [5.41, 5.74) is 17.5. The number of rotatable bonds is 2. The van der Waals surface area contributed by atoms with Crippen molar-refractivity contribution in [1.29, 1.82) is 0 Å². The van der Waals surface area contributed by atoms with Crippen molar-refractivity contribution in [3.05, 3.63) is 35.5 Å². The maximum absolute atomic E-state index is 6.31. The minimum absolute atomic E-state index is 0.446. The van der Waals surface area contributed by atoms with Crippen LogP contribution in [0.15, 0.2) is 34.4 Å². The molecule has 2 heterocycles. The van der Waals surface area contributed by atoms with Gasteiger partial charge in [-0.2, -0.15) is 0 Å². The van der Waals surface area contributed by atoms with Crippen molar-refractivity contribution >= 4 is 34.3 Å². The number of anilines is 2. The van der Waals surface area contributed by atoms with E-state index in [-0.39, 0.29) is 0 Å². The van der Waals surface area contributed by atoms with Gasteiger partial charge < -0.3 is 16.5 Å². The first kappa shape index (κ1) is 15.3. The first-order valence-electron chi connectivity index (χ1n) is 8.40. The number of imidazole rings is 1. The van der Waals surface area contributed by atoms with E-state index in [1.807, 2.05) is 6.07 Å². The third-order valence-electron chi connectivity index (χ3n) is 4.59. The maximum Gasteiger partial charge on any atom is 0.171 e. The summed E-state index contributed by atoms with van der Waals surface area (Å²) in [5.74, 6) is 0.446. The molecule has 2 aromatic heterocycles. The minimum Gasteiger partial charge on any atom is -0.398 e. The summed E-state index contributed by atoms with van der Waals surface area (Å²) in [7, 11) is 0. The van der Waals surface area contributed by atoms with E-state index in [2.05, 4.69) is 27.1 Å². The molecule has 1 aliphatic rings. The van der Waals surface area contributed by atoms with Crippen LogP contribution in [0.2, 0.25) is 0 Å². The highest BCUT2D eigenvalue weighted by Gasteiger charge is 2.14. The highest BCUT2D eigenvalue weighted by molar-refractivity contribution is 7.99. The summed E-state index contributed by atoms with van der Waals surface area (Å²) in [6.45, 7) is 0. The van der Waals surface area contributed by atoms with Gasteiger partial charge in [-0.05, 0) is 66.8 Å². The molecule has 0 aliphatic heterocycles. The highest BCUT2D eigenvalue weighted by Crippen LogP contribution is 2.35. The van der Waals surface area contributed by atoms with Crippen LogP contribution in [0, 0.1) is 0 Å². The molecule has 4 rings (SSSR count). The lowest BCUT2D eigenvalue weighted by Gasteiger charge is -2.16. The van der Waals surface area contributed by atoms with Crippen LogP contribution >= 0.6 is 11.8 Å². The van der Waals surface area contributed by atoms with Gasteiger partial charge in [0.05, 0.1) is 5.52 Å². The number of aryl methyl sites for hydroxylation is 2. The topological polar surface area (TPSA) is 93.6 Å². The third kappa shape index (κ3) is 2.94. The first-order chi connectivity index (χ1) is 11.7. The van der Waals surface area contributed by atoms with E-state index in [1.165, 1.54) is 36.8 Å². The summed E-state index contributed by atoms with van der Waals surface area (Å²) >= 11 is 1.56. The number of hydrogen-bond donors (Lipinski definition) is 3. The Bertz CT molecular complexity index is 886. The molecule has 5 nitrogen and oxygen atoms in total. The predicted molar refractivity (Wildman–Crippen MR) is 99.2 cm³/mol. The number of nitrogens with two attached hydrogens (primary N) is 2. The Morgan fingerprint density at radius 3 is 2.50 bits per heavy atom. The number of fused-ring (bicyclic) bond motifs is 2. The number of nitrogens with zero attached hydrogens (tertiary/aromatic N) is 2. The van der Waals surface area contributed by atoms with Crippen molar-refractivity contribution in [1.82, 2.24) is 15.0 Å². The molecular weight excluding hydrogens is 318 g/mol. The van der Waals surface area contributed by atoms with Gasteiger partial charge in [0.1, 0.15) is 5.52 Å². The molecule has 0 bridgehead atoms. The Morgan fingerprint density at radius 2 is 1.75 bits per heavy atom. The number of hydrogen-bond acceptors (Lipinski definition) is 5. The Labute approximate surface area is 145 Å².